The van der Waals surface area contributed by atoms with E-state index in [1.807, 2.05) is 6.20 Å². The first-order valence-corrected chi connectivity index (χ1v) is 27.9. The minimum absolute atomic E-state index is 0.621. The number of pyridine rings is 1. The molecule has 0 atom stereocenters. The lowest BCUT2D eigenvalue weighted by atomic mass is 9.92. The van der Waals surface area contributed by atoms with Gasteiger partial charge < -0.3 is 0 Å². The van der Waals surface area contributed by atoms with E-state index >= 15 is 0 Å². The molecule has 0 radical (unpaired) electrons. The van der Waals surface area contributed by atoms with Crippen LogP contribution in [0.25, 0.3) is 78.8 Å². The van der Waals surface area contributed by atoms with Crippen LogP contribution in [-0.4, -0.2) is 19.9 Å². The van der Waals surface area contributed by atoms with E-state index in [4.69, 9.17) is 19.9 Å². The standard InChI is InChI=1S/C68H78N4/c1-5-9-13-17-21-51-25-33-55(34-26-51)62-47-63(56-35-27-52(28-36-56)22-18-14-10-6-2)49-64(48-62)57-41-43-58(44-42-57)65-46-45-61(50-69-65)68-71-66(59-37-29-53(30-38-59)23-19-15-11-7-3)70-67(72-68)60-39-31-54(32-40-60)24-20-16-12-8-4/h25-50H,5-24H2,1-4H3. The molecule has 370 valence electrons. The third-order valence-electron chi connectivity index (χ3n) is 14.4. The van der Waals surface area contributed by atoms with Crippen LogP contribution >= 0.6 is 0 Å². The smallest absolute Gasteiger partial charge is 0.165 e. The fraction of sp³-hybridized carbons (Fsp3) is 0.353. The number of hydrogen-bond acceptors (Lipinski definition) is 4. The second kappa shape index (κ2) is 27.3. The van der Waals surface area contributed by atoms with E-state index in [2.05, 4.69) is 179 Å². The van der Waals surface area contributed by atoms with Gasteiger partial charge in [-0.25, -0.2) is 15.0 Å². The van der Waals surface area contributed by atoms with Crippen LogP contribution in [-0.2, 0) is 25.7 Å². The lowest BCUT2D eigenvalue weighted by Gasteiger charge is -2.13. The Labute approximate surface area is 432 Å². The van der Waals surface area contributed by atoms with Gasteiger partial charge in [0.2, 0.25) is 0 Å². The summed E-state index contributed by atoms with van der Waals surface area (Å²) in [6, 6.07) is 56.3. The average molecular weight is 951 g/mol. The fourth-order valence-electron chi connectivity index (χ4n) is 9.81. The molecule has 0 aliphatic heterocycles. The number of aromatic nitrogens is 4. The van der Waals surface area contributed by atoms with Crippen LogP contribution in [0.1, 0.15) is 153 Å². The lowest BCUT2D eigenvalue weighted by Crippen LogP contribution is -2.01. The quantitative estimate of drug-likeness (QED) is 0.0482. The van der Waals surface area contributed by atoms with Crippen molar-refractivity contribution < 1.29 is 0 Å². The summed E-state index contributed by atoms with van der Waals surface area (Å²) in [7, 11) is 0. The third-order valence-corrected chi connectivity index (χ3v) is 14.4. The van der Waals surface area contributed by atoms with Gasteiger partial charge in [-0.3, -0.25) is 4.98 Å². The van der Waals surface area contributed by atoms with Gasteiger partial charge >= 0.3 is 0 Å². The van der Waals surface area contributed by atoms with Crippen LogP contribution in [0, 0.1) is 0 Å². The van der Waals surface area contributed by atoms with Gasteiger partial charge in [-0.1, -0.05) is 226 Å². The summed E-state index contributed by atoms with van der Waals surface area (Å²) in [4.78, 5) is 20.2. The molecule has 4 heteroatoms. The molecule has 6 aromatic carbocycles. The Kier molecular flexibility index (Phi) is 19.7. The molecule has 0 bridgehead atoms. The summed E-state index contributed by atoms with van der Waals surface area (Å²) in [5.74, 6) is 1.97. The van der Waals surface area contributed by atoms with E-state index in [9.17, 15) is 0 Å². The Morgan fingerprint density at radius 2 is 0.528 bits per heavy atom. The Bertz CT molecular complexity index is 2500. The molecule has 72 heavy (non-hydrogen) atoms. The molecule has 0 fully saturated rings. The molecule has 2 aromatic heterocycles. The number of nitrogens with zero attached hydrogens (tertiary/aromatic N) is 4. The number of rotatable bonds is 27. The predicted octanol–water partition coefficient (Wildman–Crippen LogP) is 19.4. The normalized spacial score (nSPS) is 11.3. The van der Waals surface area contributed by atoms with Gasteiger partial charge in [0, 0.05) is 28.5 Å². The van der Waals surface area contributed by atoms with Crippen molar-refractivity contribution >= 4 is 0 Å². The Balaban J connectivity index is 1.05. The highest BCUT2D eigenvalue weighted by Crippen LogP contribution is 2.35. The first kappa shape index (κ1) is 51.8. The Morgan fingerprint density at radius 1 is 0.250 bits per heavy atom. The number of unbranched alkanes of at least 4 members (excludes halogenated alkanes) is 12. The van der Waals surface area contributed by atoms with Crippen LogP contribution in [0.2, 0.25) is 0 Å². The van der Waals surface area contributed by atoms with Crippen molar-refractivity contribution in [3.05, 3.63) is 180 Å². The maximum absolute atomic E-state index is 5.08. The van der Waals surface area contributed by atoms with Crippen LogP contribution in [0.5, 0.6) is 0 Å². The summed E-state index contributed by atoms with van der Waals surface area (Å²) in [6.45, 7) is 9.08. The number of aryl methyl sites for hydroxylation is 4. The summed E-state index contributed by atoms with van der Waals surface area (Å²) in [6.07, 6.45) is 26.7. The molecule has 0 spiro atoms. The van der Waals surface area contributed by atoms with E-state index in [-0.39, 0.29) is 0 Å². The predicted molar refractivity (Wildman–Crippen MR) is 307 cm³/mol. The van der Waals surface area contributed by atoms with Crippen LogP contribution in [0.3, 0.4) is 0 Å². The first-order chi connectivity index (χ1) is 35.5. The monoisotopic (exact) mass is 951 g/mol. The summed E-state index contributed by atoms with van der Waals surface area (Å²) in [5, 5.41) is 0. The van der Waals surface area contributed by atoms with Gasteiger partial charge in [-0.05, 0) is 137 Å². The molecule has 8 aromatic rings. The molecular formula is C68H78N4. The van der Waals surface area contributed by atoms with E-state index in [0.717, 1.165) is 53.6 Å². The minimum Gasteiger partial charge on any atom is -0.255 e. The highest BCUT2D eigenvalue weighted by Gasteiger charge is 2.15. The second-order valence-electron chi connectivity index (χ2n) is 20.1. The maximum atomic E-state index is 5.08. The van der Waals surface area contributed by atoms with Crippen molar-refractivity contribution in [2.24, 2.45) is 0 Å². The van der Waals surface area contributed by atoms with Crippen molar-refractivity contribution in [1.82, 2.24) is 19.9 Å². The van der Waals surface area contributed by atoms with Gasteiger partial charge in [0.05, 0.1) is 5.69 Å². The van der Waals surface area contributed by atoms with E-state index < -0.39 is 0 Å². The topological polar surface area (TPSA) is 51.6 Å². The van der Waals surface area contributed by atoms with Crippen LogP contribution < -0.4 is 0 Å². The molecule has 0 aliphatic carbocycles. The van der Waals surface area contributed by atoms with E-state index in [1.165, 1.54) is 158 Å². The number of hydrogen-bond donors (Lipinski definition) is 0. The molecular weight excluding hydrogens is 873 g/mol. The molecule has 0 amide bonds. The third kappa shape index (κ3) is 14.8. The molecule has 2 heterocycles. The zero-order valence-electron chi connectivity index (χ0n) is 43.9. The zero-order valence-corrected chi connectivity index (χ0v) is 43.9. The van der Waals surface area contributed by atoms with Gasteiger partial charge in [-0.2, -0.15) is 0 Å². The van der Waals surface area contributed by atoms with Gasteiger partial charge in [0.25, 0.3) is 0 Å². The Hall–Kier alpha value is -6.52. The van der Waals surface area contributed by atoms with Gasteiger partial charge in [-0.15, -0.1) is 0 Å². The van der Waals surface area contributed by atoms with Crippen molar-refractivity contribution in [2.45, 2.75) is 156 Å². The van der Waals surface area contributed by atoms with Crippen LogP contribution in [0.4, 0.5) is 0 Å². The van der Waals surface area contributed by atoms with Crippen molar-refractivity contribution in [2.75, 3.05) is 0 Å². The summed E-state index contributed by atoms with van der Waals surface area (Å²) in [5.41, 5.74) is 17.7. The van der Waals surface area contributed by atoms with Gasteiger partial charge in [0.15, 0.2) is 17.5 Å². The molecule has 4 nitrogen and oxygen atoms in total. The number of benzene rings is 6. The van der Waals surface area contributed by atoms with Gasteiger partial charge in [0.1, 0.15) is 0 Å². The molecule has 8 rings (SSSR count). The van der Waals surface area contributed by atoms with Crippen molar-refractivity contribution in [3.63, 3.8) is 0 Å². The van der Waals surface area contributed by atoms with Crippen molar-refractivity contribution in [1.29, 1.82) is 0 Å². The molecule has 0 aliphatic rings. The summed E-state index contributed by atoms with van der Waals surface area (Å²) >= 11 is 0. The largest absolute Gasteiger partial charge is 0.255 e. The zero-order chi connectivity index (χ0) is 49.7. The lowest BCUT2D eigenvalue weighted by molar-refractivity contribution is 0.667. The summed E-state index contributed by atoms with van der Waals surface area (Å²) < 4.78 is 0. The Morgan fingerprint density at radius 3 is 0.833 bits per heavy atom. The first-order valence-electron chi connectivity index (χ1n) is 27.9. The SMILES string of the molecule is CCCCCCc1ccc(-c2cc(-c3ccc(CCCCCC)cc3)cc(-c3ccc(-c4ccc(-c5nc(-c6ccc(CCCCCC)cc6)nc(-c6ccc(CCCCCC)cc6)n5)cn4)cc3)c2)cc1. The van der Waals surface area contributed by atoms with Crippen LogP contribution in [0.15, 0.2) is 158 Å². The molecule has 0 saturated carbocycles. The molecule has 0 saturated heterocycles. The highest BCUT2D eigenvalue weighted by molar-refractivity contribution is 5.82. The molecule has 0 unspecified atom stereocenters. The fourth-order valence-corrected chi connectivity index (χ4v) is 9.81. The van der Waals surface area contributed by atoms with Crippen molar-refractivity contribution in [3.8, 4) is 78.8 Å². The van der Waals surface area contributed by atoms with E-state index in [1.54, 1.807) is 0 Å². The van der Waals surface area contributed by atoms with E-state index in [0.29, 0.717) is 17.5 Å². The highest BCUT2D eigenvalue weighted by atomic mass is 15.0. The molecule has 0 N–H and O–H groups in total. The second-order valence-corrected chi connectivity index (χ2v) is 20.1. The minimum atomic E-state index is 0.621. The maximum Gasteiger partial charge on any atom is 0.165 e. The average Bonchev–Trinajstić information content (AvgIpc) is 3.44.